The highest BCUT2D eigenvalue weighted by molar-refractivity contribution is 5.72. The SMILES string of the molecule is NC(=O)N1CCCC(NCCCO)C1. The van der Waals surface area contributed by atoms with E-state index >= 15 is 0 Å². The van der Waals surface area contributed by atoms with Crippen molar-refractivity contribution in [2.75, 3.05) is 26.2 Å². The zero-order chi connectivity index (χ0) is 10.4. The molecule has 0 aromatic rings. The molecule has 1 rings (SSSR count). The van der Waals surface area contributed by atoms with Crippen molar-refractivity contribution in [1.29, 1.82) is 0 Å². The fourth-order valence-corrected chi connectivity index (χ4v) is 1.73. The number of urea groups is 1. The minimum Gasteiger partial charge on any atom is -0.396 e. The lowest BCUT2D eigenvalue weighted by molar-refractivity contribution is 0.180. The maximum absolute atomic E-state index is 10.9. The number of aliphatic hydroxyl groups excluding tert-OH is 1. The van der Waals surface area contributed by atoms with Gasteiger partial charge >= 0.3 is 6.03 Å². The van der Waals surface area contributed by atoms with Crippen LogP contribution in [0.5, 0.6) is 0 Å². The van der Waals surface area contributed by atoms with E-state index in [0.717, 1.165) is 32.4 Å². The van der Waals surface area contributed by atoms with E-state index in [9.17, 15) is 4.79 Å². The lowest BCUT2D eigenvalue weighted by Crippen LogP contribution is -2.49. The van der Waals surface area contributed by atoms with Crippen LogP contribution in [0.3, 0.4) is 0 Å². The molecule has 0 bridgehead atoms. The summed E-state index contributed by atoms with van der Waals surface area (Å²) in [7, 11) is 0. The molecule has 14 heavy (non-hydrogen) atoms. The molecular weight excluding hydrogens is 182 g/mol. The minimum absolute atomic E-state index is 0.208. The molecule has 5 heteroatoms. The summed E-state index contributed by atoms with van der Waals surface area (Å²) in [6.07, 6.45) is 2.84. The van der Waals surface area contributed by atoms with Gasteiger partial charge in [0.05, 0.1) is 0 Å². The summed E-state index contributed by atoms with van der Waals surface area (Å²) in [5.41, 5.74) is 5.20. The minimum atomic E-state index is -0.335. The number of likely N-dealkylation sites (tertiary alicyclic amines) is 1. The number of nitrogens with one attached hydrogen (secondary N) is 1. The van der Waals surface area contributed by atoms with Gasteiger partial charge in [0.15, 0.2) is 0 Å². The Morgan fingerprint density at radius 3 is 3.07 bits per heavy atom. The molecule has 1 saturated heterocycles. The highest BCUT2D eigenvalue weighted by Gasteiger charge is 2.20. The van der Waals surface area contributed by atoms with Crippen LogP contribution in [-0.2, 0) is 0 Å². The standard InChI is InChI=1S/C9H19N3O2/c10-9(14)12-5-1-3-8(7-12)11-4-2-6-13/h8,11,13H,1-7H2,(H2,10,14). The number of nitrogens with zero attached hydrogens (tertiary/aromatic N) is 1. The van der Waals surface area contributed by atoms with E-state index in [1.54, 1.807) is 4.90 Å². The van der Waals surface area contributed by atoms with Crippen molar-refractivity contribution in [3.8, 4) is 0 Å². The van der Waals surface area contributed by atoms with Gasteiger partial charge in [0.1, 0.15) is 0 Å². The highest BCUT2D eigenvalue weighted by atomic mass is 16.3. The number of amides is 2. The van der Waals surface area contributed by atoms with Gasteiger partial charge < -0.3 is 21.1 Å². The number of hydrogen-bond donors (Lipinski definition) is 3. The summed E-state index contributed by atoms with van der Waals surface area (Å²) in [4.78, 5) is 12.6. The zero-order valence-corrected chi connectivity index (χ0v) is 8.41. The lowest BCUT2D eigenvalue weighted by atomic mass is 10.1. The Hall–Kier alpha value is -0.810. The maximum atomic E-state index is 10.9. The molecule has 5 nitrogen and oxygen atoms in total. The Morgan fingerprint density at radius 2 is 2.43 bits per heavy atom. The third-order valence-electron chi connectivity index (χ3n) is 2.50. The molecule has 82 valence electrons. The van der Waals surface area contributed by atoms with Gasteiger partial charge in [0.25, 0.3) is 0 Å². The maximum Gasteiger partial charge on any atom is 0.314 e. The van der Waals surface area contributed by atoms with E-state index in [0.29, 0.717) is 12.6 Å². The van der Waals surface area contributed by atoms with Crippen LogP contribution in [0.1, 0.15) is 19.3 Å². The van der Waals surface area contributed by atoms with Crippen LogP contribution in [0, 0.1) is 0 Å². The van der Waals surface area contributed by atoms with Crippen LogP contribution in [0.15, 0.2) is 0 Å². The summed E-state index contributed by atoms with van der Waals surface area (Å²) < 4.78 is 0. The highest BCUT2D eigenvalue weighted by Crippen LogP contribution is 2.09. The Labute approximate surface area is 84.3 Å². The van der Waals surface area contributed by atoms with Gasteiger partial charge in [-0.15, -0.1) is 0 Å². The number of nitrogens with two attached hydrogens (primary N) is 1. The Bertz CT molecular complexity index is 187. The summed E-state index contributed by atoms with van der Waals surface area (Å²) in [6.45, 7) is 2.47. The molecule has 1 fully saturated rings. The molecule has 2 amide bonds. The van der Waals surface area contributed by atoms with Crippen molar-refractivity contribution in [2.45, 2.75) is 25.3 Å². The first kappa shape index (κ1) is 11.3. The van der Waals surface area contributed by atoms with Gasteiger partial charge in [-0.25, -0.2) is 4.79 Å². The number of carbonyl (C=O) groups excluding carboxylic acids is 1. The van der Waals surface area contributed by atoms with Crippen molar-refractivity contribution in [3.05, 3.63) is 0 Å². The summed E-state index contributed by atoms with van der Waals surface area (Å²) >= 11 is 0. The second-order valence-corrected chi connectivity index (χ2v) is 3.65. The normalized spacial score (nSPS) is 22.4. The van der Waals surface area contributed by atoms with Gasteiger partial charge in [-0.3, -0.25) is 0 Å². The van der Waals surface area contributed by atoms with E-state index < -0.39 is 0 Å². The molecule has 1 atom stereocenters. The third kappa shape index (κ3) is 3.51. The fraction of sp³-hybridized carbons (Fsp3) is 0.889. The van der Waals surface area contributed by atoms with E-state index in [2.05, 4.69) is 5.32 Å². The molecule has 1 unspecified atom stereocenters. The largest absolute Gasteiger partial charge is 0.396 e. The second-order valence-electron chi connectivity index (χ2n) is 3.65. The summed E-state index contributed by atoms with van der Waals surface area (Å²) in [5.74, 6) is 0. The molecular formula is C9H19N3O2. The van der Waals surface area contributed by atoms with Gasteiger partial charge in [-0.1, -0.05) is 0 Å². The number of primary amides is 1. The quantitative estimate of drug-likeness (QED) is 0.537. The van der Waals surface area contributed by atoms with Crippen LogP contribution in [0.25, 0.3) is 0 Å². The number of aliphatic hydroxyl groups is 1. The fourth-order valence-electron chi connectivity index (χ4n) is 1.73. The second kappa shape index (κ2) is 5.82. The molecule has 1 heterocycles. The lowest BCUT2D eigenvalue weighted by Gasteiger charge is -2.32. The van der Waals surface area contributed by atoms with E-state index in [1.165, 1.54) is 0 Å². The van der Waals surface area contributed by atoms with E-state index in [-0.39, 0.29) is 12.6 Å². The number of rotatable bonds is 4. The molecule has 1 aliphatic heterocycles. The van der Waals surface area contributed by atoms with Crippen molar-refractivity contribution < 1.29 is 9.90 Å². The number of piperidine rings is 1. The van der Waals surface area contributed by atoms with Crippen LogP contribution in [0.2, 0.25) is 0 Å². The van der Waals surface area contributed by atoms with Crippen LogP contribution >= 0.6 is 0 Å². The van der Waals surface area contributed by atoms with Crippen molar-refractivity contribution in [1.82, 2.24) is 10.2 Å². The van der Waals surface area contributed by atoms with Gasteiger partial charge in [-0.05, 0) is 25.8 Å². The number of carbonyl (C=O) groups is 1. The predicted molar refractivity (Wildman–Crippen MR) is 53.9 cm³/mol. The molecule has 1 aliphatic rings. The van der Waals surface area contributed by atoms with Crippen molar-refractivity contribution in [3.63, 3.8) is 0 Å². The molecule has 0 aromatic heterocycles. The Morgan fingerprint density at radius 1 is 1.64 bits per heavy atom. The van der Waals surface area contributed by atoms with Crippen LogP contribution in [0.4, 0.5) is 4.79 Å². The van der Waals surface area contributed by atoms with Crippen LogP contribution in [-0.4, -0.2) is 48.3 Å². The average molecular weight is 201 g/mol. The molecule has 0 radical (unpaired) electrons. The number of hydrogen-bond acceptors (Lipinski definition) is 3. The van der Waals surface area contributed by atoms with Crippen molar-refractivity contribution >= 4 is 6.03 Å². The van der Waals surface area contributed by atoms with Gasteiger partial charge in [-0.2, -0.15) is 0 Å². The molecule has 0 saturated carbocycles. The molecule has 0 aliphatic carbocycles. The van der Waals surface area contributed by atoms with E-state index in [1.807, 2.05) is 0 Å². The summed E-state index contributed by atoms with van der Waals surface area (Å²) in [5, 5.41) is 11.9. The third-order valence-corrected chi connectivity index (χ3v) is 2.50. The van der Waals surface area contributed by atoms with Crippen LogP contribution < -0.4 is 11.1 Å². The first-order chi connectivity index (χ1) is 6.74. The topological polar surface area (TPSA) is 78.6 Å². The van der Waals surface area contributed by atoms with E-state index in [4.69, 9.17) is 10.8 Å². The zero-order valence-electron chi connectivity index (χ0n) is 8.41. The smallest absolute Gasteiger partial charge is 0.314 e. The molecule has 4 N–H and O–H groups in total. The molecule has 0 aromatic carbocycles. The Balaban J connectivity index is 2.22. The Kier molecular flexibility index (Phi) is 4.69. The first-order valence-electron chi connectivity index (χ1n) is 5.12. The first-order valence-corrected chi connectivity index (χ1v) is 5.12. The van der Waals surface area contributed by atoms with Gasteiger partial charge in [0, 0.05) is 25.7 Å². The van der Waals surface area contributed by atoms with Gasteiger partial charge in [0.2, 0.25) is 0 Å². The monoisotopic (exact) mass is 201 g/mol. The average Bonchev–Trinajstić information content (AvgIpc) is 2.19. The van der Waals surface area contributed by atoms with Crippen molar-refractivity contribution in [2.24, 2.45) is 5.73 Å². The summed E-state index contributed by atoms with van der Waals surface area (Å²) in [6, 6.07) is 0.00135. The predicted octanol–water partition coefficient (Wildman–Crippen LogP) is -0.498. The molecule has 0 spiro atoms.